The molecule has 1 amide bonds. The highest BCUT2D eigenvalue weighted by atomic mass is 19.1. The van der Waals surface area contributed by atoms with Crippen LogP contribution < -0.4 is 10.6 Å². The molecule has 0 spiro atoms. The molecule has 2 N–H and O–H groups in total. The van der Waals surface area contributed by atoms with Crippen LogP contribution in [0.3, 0.4) is 0 Å². The topological polar surface area (TPSA) is 67.4 Å². The quantitative estimate of drug-likeness (QED) is 0.825. The second-order valence-electron chi connectivity index (χ2n) is 5.08. The van der Waals surface area contributed by atoms with E-state index in [0.29, 0.717) is 11.3 Å². The van der Waals surface area contributed by atoms with Gasteiger partial charge in [-0.2, -0.15) is 0 Å². The molecule has 2 aromatic rings. The highest BCUT2D eigenvalue weighted by Crippen LogP contribution is 2.18. The number of rotatable bonds is 5. The van der Waals surface area contributed by atoms with Crippen LogP contribution in [-0.4, -0.2) is 25.5 Å². The van der Waals surface area contributed by atoms with Crippen LogP contribution in [0.15, 0.2) is 36.4 Å². The molecular formula is C17H16F2N2O3. The predicted molar refractivity (Wildman–Crippen MR) is 86.0 cm³/mol. The summed E-state index contributed by atoms with van der Waals surface area (Å²) < 4.78 is 30.8. The smallest absolute Gasteiger partial charge is 0.337 e. The lowest BCUT2D eigenvalue weighted by atomic mass is 10.1. The van der Waals surface area contributed by atoms with Crippen molar-refractivity contribution in [3.05, 3.63) is 59.2 Å². The lowest BCUT2D eigenvalue weighted by molar-refractivity contribution is -0.114. The van der Waals surface area contributed by atoms with Gasteiger partial charge in [0, 0.05) is 17.4 Å². The van der Waals surface area contributed by atoms with Crippen molar-refractivity contribution in [1.82, 2.24) is 0 Å². The van der Waals surface area contributed by atoms with Crippen molar-refractivity contribution in [2.75, 3.05) is 24.3 Å². The van der Waals surface area contributed by atoms with E-state index in [1.807, 2.05) is 6.92 Å². The van der Waals surface area contributed by atoms with Gasteiger partial charge in [0.1, 0.15) is 11.6 Å². The Morgan fingerprint density at radius 2 is 1.75 bits per heavy atom. The molecule has 0 aromatic heterocycles. The fourth-order valence-corrected chi connectivity index (χ4v) is 2.06. The summed E-state index contributed by atoms with van der Waals surface area (Å²) in [5.74, 6) is -2.53. The van der Waals surface area contributed by atoms with E-state index in [0.717, 1.165) is 23.8 Å². The van der Waals surface area contributed by atoms with Gasteiger partial charge in [0.05, 0.1) is 19.2 Å². The van der Waals surface area contributed by atoms with Crippen LogP contribution in [-0.2, 0) is 9.53 Å². The van der Waals surface area contributed by atoms with E-state index in [9.17, 15) is 18.4 Å². The maximum Gasteiger partial charge on any atom is 0.337 e. The van der Waals surface area contributed by atoms with Gasteiger partial charge in [0.25, 0.3) is 0 Å². The van der Waals surface area contributed by atoms with E-state index in [2.05, 4.69) is 15.4 Å². The number of methoxy groups -OCH3 is 1. The summed E-state index contributed by atoms with van der Waals surface area (Å²) in [4.78, 5) is 23.4. The molecule has 5 nitrogen and oxygen atoms in total. The number of aryl methyl sites for hydroxylation is 1. The average Bonchev–Trinajstić information content (AvgIpc) is 2.52. The summed E-state index contributed by atoms with van der Waals surface area (Å²) in [5.41, 5.74) is 1.78. The lowest BCUT2D eigenvalue weighted by Crippen LogP contribution is -2.22. The summed E-state index contributed by atoms with van der Waals surface area (Å²) in [6.45, 7) is 1.67. The third-order valence-corrected chi connectivity index (χ3v) is 3.24. The summed E-state index contributed by atoms with van der Waals surface area (Å²) in [6, 6.07) is 7.65. The Morgan fingerprint density at radius 3 is 2.38 bits per heavy atom. The lowest BCUT2D eigenvalue weighted by Gasteiger charge is -2.11. The SMILES string of the molecule is COC(=O)c1ccc(C)c(NCC(=O)Nc2cc(F)cc(F)c2)c1. The summed E-state index contributed by atoms with van der Waals surface area (Å²) >= 11 is 0. The number of ether oxygens (including phenoxy) is 1. The predicted octanol–water partition coefficient (Wildman–Crippen LogP) is 3.11. The Balaban J connectivity index is 2.02. The molecule has 7 heteroatoms. The van der Waals surface area contributed by atoms with Crippen molar-refractivity contribution in [2.45, 2.75) is 6.92 Å². The van der Waals surface area contributed by atoms with Gasteiger partial charge in [-0.05, 0) is 36.8 Å². The largest absolute Gasteiger partial charge is 0.465 e. The molecule has 2 aromatic carbocycles. The first-order valence-corrected chi connectivity index (χ1v) is 7.08. The normalized spacial score (nSPS) is 10.2. The molecule has 0 aliphatic carbocycles. The summed E-state index contributed by atoms with van der Waals surface area (Å²) in [5, 5.41) is 5.26. The number of nitrogens with one attached hydrogen (secondary N) is 2. The number of benzene rings is 2. The molecule has 2 rings (SSSR count). The Hall–Kier alpha value is -2.96. The fourth-order valence-electron chi connectivity index (χ4n) is 2.06. The van der Waals surface area contributed by atoms with E-state index >= 15 is 0 Å². The summed E-state index contributed by atoms with van der Waals surface area (Å²) in [7, 11) is 1.28. The molecule has 24 heavy (non-hydrogen) atoms. The zero-order valence-electron chi connectivity index (χ0n) is 13.2. The third kappa shape index (κ3) is 4.52. The standard InChI is InChI=1S/C17H16F2N2O3/c1-10-3-4-11(17(23)24-2)5-15(10)20-9-16(22)21-14-7-12(18)6-13(19)8-14/h3-8,20H,9H2,1-2H3,(H,21,22). The number of amides is 1. The Bertz CT molecular complexity index is 758. The van der Waals surface area contributed by atoms with Crippen LogP contribution in [0.4, 0.5) is 20.2 Å². The number of esters is 1. The molecule has 0 heterocycles. The molecule has 0 aliphatic rings. The molecule has 0 radical (unpaired) electrons. The first-order chi connectivity index (χ1) is 11.4. The zero-order chi connectivity index (χ0) is 17.7. The molecule has 0 unspecified atom stereocenters. The van der Waals surface area contributed by atoms with Gasteiger partial charge in [0.15, 0.2) is 0 Å². The van der Waals surface area contributed by atoms with Crippen LogP contribution in [0.1, 0.15) is 15.9 Å². The van der Waals surface area contributed by atoms with Crippen molar-refractivity contribution in [2.24, 2.45) is 0 Å². The van der Waals surface area contributed by atoms with Crippen LogP contribution in [0, 0.1) is 18.6 Å². The monoisotopic (exact) mass is 334 g/mol. The second-order valence-corrected chi connectivity index (χ2v) is 5.08. The Morgan fingerprint density at radius 1 is 1.08 bits per heavy atom. The van der Waals surface area contributed by atoms with Crippen molar-refractivity contribution in [3.8, 4) is 0 Å². The molecule has 0 saturated carbocycles. The Labute approximate surface area is 137 Å². The maximum atomic E-state index is 13.1. The van der Waals surface area contributed by atoms with Gasteiger partial charge >= 0.3 is 5.97 Å². The van der Waals surface area contributed by atoms with Gasteiger partial charge < -0.3 is 15.4 Å². The van der Waals surface area contributed by atoms with Gasteiger partial charge in [-0.15, -0.1) is 0 Å². The number of carbonyl (C=O) groups is 2. The molecular weight excluding hydrogens is 318 g/mol. The van der Waals surface area contributed by atoms with E-state index in [1.54, 1.807) is 18.2 Å². The van der Waals surface area contributed by atoms with Gasteiger partial charge in [-0.25, -0.2) is 13.6 Å². The highest BCUT2D eigenvalue weighted by Gasteiger charge is 2.10. The van der Waals surface area contributed by atoms with Crippen molar-refractivity contribution in [3.63, 3.8) is 0 Å². The zero-order valence-corrected chi connectivity index (χ0v) is 13.2. The minimum atomic E-state index is -0.778. The van der Waals surface area contributed by atoms with Gasteiger partial charge in [-0.3, -0.25) is 4.79 Å². The van der Waals surface area contributed by atoms with Gasteiger partial charge in [0.2, 0.25) is 5.91 Å². The first kappa shape index (κ1) is 17.4. The summed E-state index contributed by atoms with van der Waals surface area (Å²) in [6.07, 6.45) is 0. The number of halogens is 2. The molecule has 0 saturated heterocycles. The molecule has 0 fully saturated rings. The second kappa shape index (κ2) is 7.54. The van der Waals surface area contributed by atoms with Crippen molar-refractivity contribution in [1.29, 1.82) is 0 Å². The number of hydrogen-bond donors (Lipinski definition) is 2. The van der Waals surface area contributed by atoms with Crippen LogP contribution in [0.2, 0.25) is 0 Å². The molecule has 0 aliphatic heterocycles. The highest BCUT2D eigenvalue weighted by molar-refractivity contribution is 5.94. The van der Waals surface area contributed by atoms with Crippen LogP contribution >= 0.6 is 0 Å². The first-order valence-electron chi connectivity index (χ1n) is 7.08. The fraction of sp³-hybridized carbons (Fsp3) is 0.176. The number of carbonyl (C=O) groups excluding carboxylic acids is 2. The van der Waals surface area contributed by atoms with E-state index in [4.69, 9.17) is 0 Å². The minimum absolute atomic E-state index is 0.0272. The van der Waals surface area contributed by atoms with Crippen LogP contribution in [0.25, 0.3) is 0 Å². The third-order valence-electron chi connectivity index (χ3n) is 3.24. The van der Waals surface area contributed by atoms with Gasteiger partial charge in [-0.1, -0.05) is 6.07 Å². The number of hydrogen-bond acceptors (Lipinski definition) is 4. The average molecular weight is 334 g/mol. The van der Waals surface area contributed by atoms with Crippen molar-refractivity contribution >= 4 is 23.3 Å². The van der Waals surface area contributed by atoms with Crippen LogP contribution in [0.5, 0.6) is 0 Å². The van der Waals surface area contributed by atoms with E-state index in [1.165, 1.54) is 7.11 Å². The van der Waals surface area contributed by atoms with Crippen molar-refractivity contribution < 1.29 is 23.1 Å². The maximum absolute atomic E-state index is 13.1. The molecule has 0 bridgehead atoms. The van der Waals surface area contributed by atoms with E-state index < -0.39 is 23.5 Å². The minimum Gasteiger partial charge on any atom is -0.465 e. The van der Waals surface area contributed by atoms with E-state index in [-0.39, 0.29) is 12.2 Å². The number of anilines is 2. The molecule has 0 atom stereocenters. The molecule has 126 valence electrons. The Kier molecular flexibility index (Phi) is 5.47.